The number of thiophene rings is 1. The van der Waals surface area contributed by atoms with Crippen LogP contribution in [0.1, 0.15) is 35.8 Å². The molecule has 1 aromatic rings. The first kappa shape index (κ1) is 7.86. The second kappa shape index (κ2) is 1.95. The molecule has 1 aromatic heterocycles. The molecule has 3 rings (SSSR count). The summed E-state index contributed by atoms with van der Waals surface area (Å²) in [5.41, 5.74) is 9.64. The Hall–Kier alpha value is -0.500. The maximum absolute atomic E-state index is 5.98. The fourth-order valence-electron chi connectivity index (χ4n) is 3.16. The third-order valence-electron chi connectivity index (χ3n) is 4.05. The fraction of sp³-hybridized carbons (Fsp3) is 0.636. The van der Waals surface area contributed by atoms with E-state index >= 15 is 0 Å². The number of anilines is 1. The first-order chi connectivity index (χ1) is 6.03. The van der Waals surface area contributed by atoms with E-state index < -0.39 is 0 Å². The van der Waals surface area contributed by atoms with E-state index in [0.29, 0.717) is 5.41 Å². The standard InChI is InChI=1S/C11H15NS/c1-5-8-6(10(12)13-5)4-7-9(8)11(7,2)3/h7,9H,4,12H2,1-3H3/t7-,9-/m1/s1. The Morgan fingerprint density at radius 1 is 1.46 bits per heavy atom. The normalized spacial score (nSPS) is 32.8. The van der Waals surface area contributed by atoms with E-state index in [9.17, 15) is 0 Å². The summed E-state index contributed by atoms with van der Waals surface area (Å²) >= 11 is 1.78. The van der Waals surface area contributed by atoms with Crippen LogP contribution in [0, 0.1) is 18.3 Å². The topological polar surface area (TPSA) is 26.0 Å². The third kappa shape index (κ3) is 0.738. The summed E-state index contributed by atoms with van der Waals surface area (Å²) in [4.78, 5) is 1.46. The molecule has 1 fully saturated rings. The van der Waals surface area contributed by atoms with Crippen LogP contribution < -0.4 is 5.73 Å². The Labute approximate surface area is 83.0 Å². The lowest BCUT2D eigenvalue weighted by atomic mass is 9.96. The summed E-state index contributed by atoms with van der Waals surface area (Å²) in [6.45, 7) is 6.99. The van der Waals surface area contributed by atoms with Crippen molar-refractivity contribution in [3.8, 4) is 0 Å². The monoisotopic (exact) mass is 193 g/mol. The lowest BCUT2D eigenvalue weighted by molar-refractivity contribution is 0.541. The second-order valence-corrected chi connectivity index (χ2v) is 6.28. The van der Waals surface area contributed by atoms with E-state index in [1.165, 1.54) is 16.9 Å². The van der Waals surface area contributed by atoms with Gasteiger partial charge in [-0.25, -0.2) is 0 Å². The van der Waals surface area contributed by atoms with Crippen LogP contribution in [0.25, 0.3) is 0 Å². The van der Waals surface area contributed by atoms with Gasteiger partial charge < -0.3 is 5.73 Å². The van der Waals surface area contributed by atoms with Crippen molar-refractivity contribution in [2.24, 2.45) is 11.3 Å². The zero-order valence-corrected chi connectivity index (χ0v) is 9.16. The van der Waals surface area contributed by atoms with E-state index in [1.54, 1.807) is 16.9 Å². The van der Waals surface area contributed by atoms with Crippen LogP contribution >= 0.6 is 11.3 Å². The average Bonchev–Trinajstić information content (AvgIpc) is 2.46. The minimum atomic E-state index is 0.561. The molecule has 0 saturated heterocycles. The molecule has 1 nitrogen and oxygen atoms in total. The molecule has 2 N–H and O–H groups in total. The number of aryl methyl sites for hydroxylation is 1. The Bertz CT molecular complexity index is 389. The van der Waals surface area contributed by atoms with E-state index in [0.717, 1.165) is 16.8 Å². The first-order valence-electron chi connectivity index (χ1n) is 4.91. The van der Waals surface area contributed by atoms with Gasteiger partial charge in [-0.3, -0.25) is 0 Å². The van der Waals surface area contributed by atoms with Crippen molar-refractivity contribution in [1.29, 1.82) is 0 Å². The molecule has 2 aliphatic rings. The second-order valence-electron chi connectivity index (χ2n) is 5.02. The molecular weight excluding hydrogens is 178 g/mol. The van der Waals surface area contributed by atoms with Gasteiger partial charge in [0.15, 0.2) is 0 Å². The molecule has 1 heterocycles. The van der Waals surface area contributed by atoms with Crippen LogP contribution in [0.4, 0.5) is 5.00 Å². The molecule has 70 valence electrons. The van der Waals surface area contributed by atoms with E-state index in [2.05, 4.69) is 20.8 Å². The van der Waals surface area contributed by atoms with Crippen molar-refractivity contribution < 1.29 is 0 Å². The number of hydrogen-bond acceptors (Lipinski definition) is 2. The third-order valence-corrected chi connectivity index (χ3v) is 5.04. The zero-order valence-electron chi connectivity index (χ0n) is 8.35. The lowest BCUT2D eigenvalue weighted by Gasteiger charge is -2.08. The van der Waals surface area contributed by atoms with Crippen LogP contribution in [0.2, 0.25) is 0 Å². The van der Waals surface area contributed by atoms with Crippen molar-refractivity contribution in [1.82, 2.24) is 0 Å². The van der Waals surface area contributed by atoms with Crippen LogP contribution in [-0.4, -0.2) is 0 Å². The largest absolute Gasteiger partial charge is 0.390 e. The van der Waals surface area contributed by atoms with Gasteiger partial charge in [0, 0.05) is 4.88 Å². The Kier molecular flexibility index (Phi) is 1.18. The highest BCUT2D eigenvalue weighted by molar-refractivity contribution is 7.16. The highest BCUT2D eigenvalue weighted by Crippen LogP contribution is 2.72. The van der Waals surface area contributed by atoms with E-state index in [1.807, 2.05) is 0 Å². The predicted molar refractivity (Wildman–Crippen MR) is 57.2 cm³/mol. The number of rotatable bonds is 0. The van der Waals surface area contributed by atoms with Gasteiger partial charge in [0.1, 0.15) is 0 Å². The van der Waals surface area contributed by atoms with E-state index in [-0.39, 0.29) is 0 Å². The SMILES string of the molecule is Cc1sc(N)c2c1[C@H]1[C@@H](C2)C1(C)C. The molecule has 1 saturated carbocycles. The van der Waals surface area contributed by atoms with Gasteiger partial charge in [-0.15, -0.1) is 11.3 Å². The number of nitrogen functional groups attached to an aromatic ring is 1. The van der Waals surface area contributed by atoms with Crippen molar-refractivity contribution >= 4 is 16.3 Å². The van der Waals surface area contributed by atoms with Gasteiger partial charge in [0.2, 0.25) is 0 Å². The maximum Gasteiger partial charge on any atom is 0.0894 e. The smallest absolute Gasteiger partial charge is 0.0894 e. The van der Waals surface area contributed by atoms with Gasteiger partial charge >= 0.3 is 0 Å². The van der Waals surface area contributed by atoms with Gasteiger partial charge in [-0.2, -0.15) is 0 Å². The van der Waals surface area contributed by atoms with Crippen molar-refractivity contribution in [3.63, 3.8) is 0 Å². The molecule has 2 aliphatic carbocycles. The molecule has 2 atom stereocenters. The molecule has 0 aromatic carbocycles. The Morgan fingerprint density at radius 3 is 2.85 bits per heavy atom. The van der Waals surface area contributed by atoms with Crippen LogP contribution in [0.3, 0.4) is 0 Å². The lowest BCUT2D eigenvalue weighted by Crippen LogP contribution is -2.00. The van der Waals surface area contributed by atoms with Crippen molar-refractivity contribution in [2.75, 3.05) is 5.73 Å². The molecule has 2 heteroatoms. The van der Waals surface area contributed by atoms with Crippen molar-refractivity contribution in [3.05, 3.63) is 16.0 Å². The first-order valence-corrected chi connectivity index (χ1v) is 5.72. The van der Waals surface area contributed by atoms with E-state index in [4.69, 9.17) is 5.73 Å². The van der Waals surface area contributed by atoms with Crippen LogP contribution in [0.15, 0.2) is 0 Å². The molecule has 0 spiro atoms. The molecule has 0 unspecified atom stereocenters. The summed E-state index contributed by atoms with van der Waals surface area (Å²) in [6.07, 6.45) is 1.24. The van der Waals surface area contributed by atoms with Crippen LogP contribution in [-0.2, 0) is 6.42 Å². The number of hydrogen-bond donors (Lipinski definition) is 1. The summed E-state index contributed by atoms with van der Waals surface area (Å²) < 4.78 is 0. The minimum Gasteiger partial charge on any atom is -0.390 e. The summed E-state index contributed by atoms with van der Waals surface area (Å²) in [5.74, 6) is 1.72. The fourth-order valence-corrected chi connectivity index (χ4v) is 4.17. The van der Waals surface area contributed by atoms with Crippen LogP contribution in [0.5, 0.6) is 0 Å². The average molecular weight is 193 g/mol. The van der Waals surface area contributed by atoms with Gasteiger partial charge in [0.05, 0.1) is 5.00 Å². The summed E-state index contributed by atoms with van der Waals surface area (Å²) in [6, 6.07) is 0. The molecule has 13 heavy (non-hydrogen) atoms. The molecule has 0 aliphatic heterocycles. The highest BCUT2D eigenvalue weighted by Gasteiger charge is 2.63. The number of nitrogens with two attached hydrogens (primary N) is 1. The molecule has 0 amide bonds. The summed E-state index contributed by atoms with van der Waals surface area (Å²) in [5, 5.41) is 1.08. The van der Waals surface area contributed by atoms with Gasteiger partial charge in [0.25, 0.3) is 0 Å². The maximum atomic E-state index is 5.98. The molecule has 0 bridgehead atoms. The molecule has 0 radical (unpaired) electrons. The number of fused-ring (bicyclic) bond motifs is 3. The van der Waals surface area contributed by atoms with Gasteiger partial charge in [-0.05, 0) is 41.7 Å². The quantitative estimate of drug-likeness (QED) is 0.673. The minimum absolute atomic E-state index is 0.561. The van der Waals surface area contributed by atoms with Crippen molar-refractivity contribution in [2.45, 2.75) is 33.1 Å². The molecular formula is C11H15NS. The van der Waals surface area contributed by atoms with Gasteiger partial charge in [-0.1, -0.05) is 13.8 Å². The zero-order chi connectivity index (χ0) is 9.38. The Morgan fingerprint density at radius 2 is 2.15 bits per heavy atom. The highest BCUT2D eigenvalue weighted by atomic mass is 32.1. The Balaban J connectivity index is 2.16. The summed E-state index contributed by atoms with van der Waals surface area (Å²) in [7, 11) is 0. The predicted octanol–water partition coefficient (Wildman–Crippen LogP) is 2.93.